The molecule has 3 aromatic rings. The number of rotatable bonds is 4. The molecule has 0 radical (unpaired) electrons. The second-order valence-corrected chi connectivity index (χ2v) is 6.95. The van der Waals surface area contributed by atoms with E-state index in [0.29, 0.717) is 22.8 Å². The lowest BCUT2D eigenvalue weighted by Crippen LogP contribution is -1.99. The highest BCUT2D eigenvalue weighted by atomic mass is 35.6. The van der Waals surface area contributed by atoms with Crippen molar-refractivity contribution in [1.29, 1.82) is 0 Å². The highest BCUT2D eigenvalue weighted by Crippen LogP contribution is 2.37. The number of furan rings is 1. The molecular weight excluding hydrogens is 379 g/mol. The maximum Gasteiger partial charge on any atom is 0.268 e. The van der Waals surface area contributed by atoms with Gasteiger partial charge in [-0.25, -0.2) is 0 Å². The number of aromatic nitrogens is 2. The highest BCUT2D eigenvalue weighted by molar-refractivity contribution is 6.66. The lowest BCUT2D eigenvalue weighted by atomic mass is 10.2. The van der Waals surface area contributed by atoms with Crippen LogP contribution in [0.5, 0.6) is 11.5 Å². The number of fused-ring (bicyclic) bond motifs is 1. The summed E-state index contributed by atoms with van der Waals surface area (Å²) in [5.41, 5.74) is 0.653. The molecule has 0 amide bonds. The largest absolute Gasteiger partial charge is 0.493 e. The first-order valence-corrected chi connectivity index (χ1v) is 7.78. The quantitative estimate of drug-likeness (QED) is 0.595. The van der Waals surface area contributed by atoms with Crippen molar-refractivity contribution < 1.29 is 18.3 Å². The van der Waals surface area contributed by atoms with E-state index in [2.05, 4.69) is 10.2 Å². The third-order valence-corrected chi connectivity index (χ3v) is 3.60. The molecule has 2 aromatic heterocycles. The fourth-order valence-electron chi connectivity index (χ4n) is 2.04. The van der Waals surface area contributed by atoms with Crippen molar-refractivity contribution in [2.24, 2.45) is 0 Å². The number of hydrogen-bond acceptors (Lipinski definition) is 6. The summed E-state index contributed by atoms with van der Waals surface area (Å²) < 4.78 is 19.7. The standard InChI is InChI=1S/C15H11Cl3N2O4/c1-21-11-6-8-5-9(23-10(8)7-12(11)22-2)3-4-13-19-20-14(24-13)15(16,17)18/h3-7H,1-2H3/b4-3+. The molecular formula is C15H11Cl3N2O4. The van der Waals surface area contributed by atoms with Gasteiger partial charge in [-0.1, -0.05) is 34.8 Å². The van der Waals surface area contributed by atoms with E-state index in [1.165, 1.54) is 0 Å². The number of benzene rings is 1. The molecule has 1 aromatic carbocycles. The van der Waals surface area contributed by atoms with Crippen molar-refractivity contribution in [3.05, 3.63) is 35.7 Å². The second-order valence-electron chi connectivity index (χ2n) is 4.67. The predicted molar refractivity (Wildman–Crippen MR) is 91.8 cm³/mol. The van der Waals surface area contributed by atoms with E-state index < -0.39 is 3.79 Å². The van der Waals surface area contributed by atoms with E-state index in [4.69, 9.17) is 53.1 Å². The van der Waals surface area contributed by atoms with Crippen LogP contribution in [0.25, 0.3) is 23.1 Å². The molecule has 0 saturated heterocycles. The number of alkyl halides is 3. The van der Waals surface area contributed by atoms with Crippen LogP contribution < -0.4 is 9.47 Å². The average Bonchev–Trinajstić information content (AvgIpc) is 3.17. The summed E-state index contributed by atoms with van der Waals surface area (Å²) in [4.78, 5) is 0. The Kier molecular flexibility index (Phi) is 4.62. The summed E-state index contributed by atoms with van der Waals surface area (Å²) in [6.45, 7) is 0. The summed E-state index contributed by atoms with van der Waals surface area (Å²) in [6, 6.07) is 5.40. The lowest BCUT2D eigenvalue weighted by Gasteiger charge is -2.06. The van der Waals surface area contributed by atoms with Crippen molar-refractivity contribution in [2.75, 3.05) is 14.2 Å². The topological polar surface area (TPSA) is 70.5 Å². The maximum atomic E-state index is 5.72. The first kappa shape index (κ1) is 17.0. The molecule has 0 atom stereocenters. The molecule has 0 spiro atoms. The molecule has 3 rings (SSSR count). The SMILES string of the molecule is COc1cc2cc(/C=C/c3nnc(C(Cl)(Cl)Cl)o3)oc2cc1OC. The summed E-state index contributed by atoms with van der Waals surface area (Å²) in [5.74, 6) is 1.86. The average molecular weight is 390 g/mol. The van der Waals surface area contributed by atoms with Crippen LogP contribution in [0.3, 0.4) is 0 Å². The molecule has 0 aliphatic heterocycles. The molecule has 0 bridgehead atoms. The zero-order valence-electron chi connectivity index (χ0n) is 12.5. The third kappa shape index (κ3) is 3.45. The zero-order valence-corrected chi connectivity index (χ0v) is 14.8. The van der Waals surface area contributed by atoms with Crippen molar-refractivity contribution in [3.63, 3.8) is 0 Å². The van der Waals surface area contributed by atoms with Crippen LogP contribution in [-0.4, -0.2) is 24.4 Å². The number of nitrogens with zero attached hydrogens (tertiary/aromatic N) is 2. The number of ether oxygens (including phenoxy) is 2. The molecule has 0 aliphatic rings. The van der Waals surface area contributed by atoms with Gasteiger partial charge in [-0.2, -0.15) is 0 Å². The molecule has 2 heterocycles. The van der Waals surface area contributed by atoms with Gasteiger partial charge in [0.1, 0.15) is 11.3 Å². The molecule has 0 aliphatic carbocycles. The fourth-order valence-corrected chi connectivity index (χ4v) is 2.27. The van der Waals surface area contributed by atoms with Crippen LogP contribution >= 0.6 is 34.8 Å². The zero-order chi connectivity index (χ0) is 17.3. The highest BCUT2D eigenvalue weighted by Gasteiger charge is 2.29. The second kappa shape index (κ2) is 6.55. The molecule has 0 fully saturated rings. The summed E-state index contributed by atoms with van der Waals surface area (Å²) in [7, 11) is 3.13. The maximum absolute atomic E-state index is 5.72. The first-order chi connectivity index (χ1) is 11.4. The van der Waals surface area contributed by atoms with Crippen molar-refractivity contribution in [3.8, 4) is 11.5 Å². The van der Waals surface area contributed by atoms with Crippen LogP contribution in [0, 0.1) is 0 Å². The van der Waals surface area contributed by atoms with Gasteiger partial charge in [0.25, 0.3) is 9.68 Å². The van der Waals surface area contributed by atoms with E-state index >= 15 is 0 Å². The van der Waals surface area contributed by atoms with Gasteiger partial charge >= 0.3 is 0 Å². The van der Waals surface area contributed by atoms with Crippen molar-refractivity contribution in [2.45, 2.75) is 3.79 Å². The van der Waals surface area contributed by atoms with Gasteiger partial charge in [0.2, 0.25) is 5.89 Å². The summed E-state index contributed by atoms with van der Waals surface area (Å²) in [5, 5.41) is 8.29. The molecule has 9 heteroatoms. The van der Waals surface area contributed by atoms with E-state index in [1.54, 1.807) is 32.4 Å². The van der Waals surface area contributed by atoms with Crippen LogP contribution in [-0.2, 0) is 3.79 Å². The number of halogens is 3. The van der Waals surface area contributed by atoms with Crippen LogP contribution in [0.2, 0.25) is 0 Å². The van der Waals surface area contributed by atoms with Gasteiger partial charge in [-0.05, 0) is 18.2 Å². The Bertz CT molecular complexity index is 855. The minimum atomic E-state index is -1.76. The van der Waals surface area contributed by atoms with Crippen molar-refractivity contribution >= 4 is 57.9 Å². The molecule has 0 N–H and O–H groups in total. The monoisotopic (exact) mass is 388 g/mol. The molecule has 0 unspecified atom stereocenters. The third-order valence-electron chi connectivity index (χ3n) is 3.11. The summed E-state index contributed by atoms with van der Waals surface area (Å²) >= 11 is 17.0. The van der Waals surface area contributed by atoms with Gasteiger partial charge in [0, 0.05) is 17.5 Å². The van der Waals surface area contributed by atoms with Gasteiger partial charge in [-0.3, -0.25) is 0 Å². The molecule has 6 nitrogen and oxygen atoms in total. The van der Waals surface area contributed by atoms with Crippen LogP contribution in [0.4, 0.5) is 0 Å². The normalized spacial score (nSPS) is 12.2. The molecule has 24 heavy (non-hydrogen) atoms. The van der Waals surface area contributed by atoms with E-state index in [1.807, 2.05) is 12.1 Å². The fraction of sp³-hybridized carbons (Fsp3) is 0.200. The molecule has 126 valence electrons. The van der Waals surface area contributed by atoms with Crippen LogP contribution in [0.1, 0.15) is 17.5 Å². The minimum absolute atomic E-state index is 0.105. The Balaban J connectivity index is 1.88. The summed E-state index contributed by atoms with van der Waals surface area (Å²) in [6.07, 6.45) is 3.22. The van der Waals surface area contributed by atoms with Gasteiger partial charge in [0.05, 0.1) is 14.2 Å². The molecule has 0 saturated carbocycles. The van der Waals surface area contributed by atoms with Gasteiger partial charge < -0.3 is 18.3 Å². The van der Waals surface area contributed by atoms with E-state index in [-0.39, 0.29) is 11.8 Å². The van der Waals surface area contributed by atoms with E-state index in [0.717, 1.165) is 5.39 Å². The van der Waals surface area contributed by atoms with Gasteiger partial charge in [0.15, 0.2) is 11.5 Å². The number of hydrogen-bond donors (Lipinski definition) is 0. The Labute approximate surface area is 151 Å². The Hall–Kier alpha value is -1.89. The lowest BCUT2D eigenvalue weighted by molar-refractivity contribution is 0.355. The van der Waals surface area contributed by atoms with Gasteiger partial charge in [-0.15, -0.1) is 10.2 Å². The Morgan fingerprint density at radius 2 is 1.67 bits per heavy atom. The predicted octanol–water partition coefficient (Wildman–Crippen LogP) is 4.83. The first-order valence-electron chi connectivity index (χ1n) is 6.65. The van der Waals surface area contributed by atoms with E-state index in [9.17, 15) is 0 Å². The Morgan fingerprint density at radius 1 is 0.958 bits per heavy atom. The Morgan fingerprint density at radius 3 is 2.29 bits per heavy atom. The number of methoxy groups -OCH3 is 2. The van der Waals surface area contributed by atoms with Crippen molar-refractivity contribution in [1.82, 2.24) is 10.2 Å². The smallest absolute Gasteiger partial charge is 0.268 e. The minimum Gasteiger partial charge on any atom is -0.493 e. The van der Waals surface area contributed by atoms with Crippen LogP contribution in [0.15, 0.2) is 27.0 Å².